The lowest BCUT2D eigenvalue weighted by atomic mass is 10.1. The van der Waals surface area contributed by atoms with Gasteiger partial charge in [-0.2, -0.15) is 11.8 Å². The van der Waals surface area contributed by atoms with Crippen LogP contribution in [0.4, 0.5) is 0 Å². The van der Waals surface area contributed by atoms with E-state index in [1.165, 1.54) is 12.1 Å². The van der Waals surface area contributed by atoms with E-state index >= 15 is 0 Å². The second-order valence-corrected chi connectivity index (χ2v) is 7.76. The second-order valence-electron chi connectivity index (χ2n) is 6.77. The van der Waals surface area contributed by atoms with Gasteiger partial charge in [0.25, 0.3) is 0 Å². The number of carboxylic acids is 3. The molecule has 1 aromatic rings. The topological polar surface area (TPSA) is 236 Å². The molecule has 1 aromatic carbocycles. The molecule has 0 aliphatic rings. The average Bonchev–Trinajstić information content (AvgIpc) is 2.74. The van der Waals surface area contributed by atoms with Crippen molar-refractivity contribution >= 4 is 29.7 Å². The molecule has 0 heterocycles. The number of rotatable bonds is 12. The third kappa shape index (κ3) is 18.4. The highest BCUT2D eigenvalue weighted by Gasteiger charge is 2.11. The van der Waals surface area contributed by atoms with Crippen molar-refractivity contribution in [2.75, 3.05) is 18.6 Å². The first-order valence-corrected chi connectivity index (χ1v) is 11.3. The van der Waals surface area contributed by atoms with Crippen LogP contribution in [0.25, 0.3) is 0 Å². The first-order chi connectivity index (χ1) is 15.0. The molecule has 1 rings (SSSR count). The molecule has 0 saturated heterocycles. The molecule has 32 heavy (non-hydrogen) atoms. The average molecular weight is 477 g/mol. The van der Waals surface area contributed by atoms with Gasteiger partial charge in [0.15, 0.2) is 0 Å². The van der Waals surface area contributed by atoms with Gasteiger partial charge in [0, 0.05) is 0 Å². The number of aliphatic carboxylic acids is 3. The van der Waals surface area contributed by atoms with Gasteiger partial charge in [-0.25, -0.2) is 0 Å². The predicted molar refractivity (Wildman–Crippen MR) is 125 cm³/mol. The lowest BCUT2D eigenvalue weighted by Gasteiger charge is -2.05. The van der Waals surface area contributed by atoms with Crippen LogP contribution in [0.15, 0.2) is 24.3 Å². The van der Waals surface area contributed by atoms with E-state index in [-0.39, 0.29) is 12.2 Å². The Morgan fingerprint density at radius 2 is 1.31 bits per heavy atom. The Labute approximate surface area is 192 Å². The van der Waals surface area contributed by atoms with Crippen molar-refractivity contribution in [3.05, 3.63) is 29.8 Å². The number of carbonyl (C=O) groups is 3. The van der Waals surface area contributed by atoms with Gasteiger partial charge in [0.05, 0.1) is 0 Å². The van der Waals surface area contributed by atoms with Crippen molar-refractivity contribution in [3.8, 4) is 5.75 Å². The summed E-state index contributed by atoms with van der Waals surface area (Å²) in [4.78, 5) is 30.6. The lowest BCUT2D eigenvalue weighted by Crippen LogP contribution is -2.32. The first-order valence-electron chi connectivity index (χ1n) is 9.88. The monoisotopic (exact) mass is 476 g/mol. The summed E-state index contributed by atoms with van der Waals surface area (Å²) in [5, 5.41) is 34.1. The minimum Gasteiger partial charge on any atom is -0.508 e. The fourth-order valence-corrected chi connectivity index (χ4v) is 2.46. The number of phenols is 1. The summed E-state index contributed by atoms with van der Waals surface area (Å²) in [6, 6.07) is 4.03. The number of carboxylic acid groups (broad SMARTS) is 3. The SMILES string of the molecule is CSCC[C@H](N)C(=O)O.NCCCC[C@H](N)C(=O)O.N[C@@H](Cc1ccc(O)cc1)C(=O)O. The number of benzene rings is 1. The zero-order valence-corrected chi connectivity index (χ0v) is 19.0. The molecule has 0 radical (unpaired) electrons. The molecule has 11 nitrogen and oxygen atoms in total. The molecule has 0 fully saturated rings. The van der Waals surface area contributed by atoms with Crippen molar-refractivity contribution in [2.24, 2.45) is 22.9 Å². The third-order valence-electron chi connectivity index (χ3n) is 3.95. The van der Waals surface area contributed by atoms with Gasteiger partial charge in [0.2, 0.25) is 0 Å². The number of aromatic hydroxyl groups is 1. The van der Waals surface area contributed by atoms with Crippen LogP contribution in [0.5, 0.6) is 5.75 Å². The van der Waals surface area contributed by atoms with Crippen LogP contribution < -0.4 is 22.9 Å². The molecule has 0 unspecified atom stereocenters. The van der Waals surface area contributed by atoms with E-state index in [0.29, 0.717) is 19.4 Å². The summed E-state index contributed by atoms with van der Waals surface area (Å²) in [6.45, 7) is 0.604. The summed E-state index contributed by atoms with van der Waals surface area (Å²) in [7, 11) is 0. The van der Waals surface area contributed by atoms with Gasteiger partial charge in [-0.05, 0) is 61.9 Å². The second kappa shape index (κ2) is 19.3. The Morgan fingerprint density at radius 3 is 1.72 bits per heavy atom. The summed E-state index contributed by atoms with van der Waals surface area (Å²) in [5.41, 5.74) is 21.7. The maximum atomic E-state index is 10.4. The van der Waals surface area contributed by atoms with E-state index < -0.39 is 36.0 Å². The van der Waals surface area contributed by atoms with E-state index in [2.05, 4.69) is 0 Å². The molecule has 0 aromatic heterocycles. The van der Waals surface area contributed by atoms with E-state index in [4.69, 9.17) is 43.4 Å². The number of unbranched alkanes of at least 4 members (excludes halogenated alkanes) is 1. The quantitative estimate of drug-likeness (QED) is 0.186. The van der Waals surface area contributed by atoms with Crippen LogP contribution in [0, 0.1) is 0 Å². The number of nitrogens with two attached hydrogens (primary N) is 4. The fraction of sp³-hybridized carbons (Fsp3) is 0.550. The minimum atomic E-state index is -1.02. The van der Waals surface area contributed by atoms with Crippen molar-refractivity contribution in [1.82, 2.24) is 0 Å². The summed E-state index contributed by atoms with van der Waals surface area (Å²) in [6.07, 6.45) is 4.91. The highest BCUT2D eigenvalue weighted by molar-refractivity contribution is 7.98. The van der Waals surface area contributed by atoms with E-state index in [9.17, 15) is 14.4 Å². The Kier molecular flexibility index (Phi) is 19.2. The number of hydrogen-bond donors (Lipinski definition) is 8. The Morgan fingerprint density at radius 1 is 0.844 bits per heavy atom. The van der Waals surface area contributed by atoms with Gasteiger partial charge in [-0.1, -0.05) is 18.6 Å². The highest BCUT2D eigenvalue weighted by Crippen LogP contribution is 2.10. The number of hydrogen-bond acceptors (Lipinski definition) is 9. The number of phenolic OH excluding ortho intramolecular Hbond substituents is 1. The van der Waals surface area contributed by atoms with Gasteiger partial charge < -0.3 is 43.4 Å². The van der Waals surface area contributed by atoms with Crippen molar-refractivity contribution < 1.29 is 34.8 Å². The molecule has 0 aliphatic carbocycles. The number of thioether (sulfide) groups is 1. The molecular formula is C20H36N4O7S. The Bertz CT molecular complexity index is 662. The lowest BCUT2D eigenvalue weighted by molar-refractivity contribution is -0.139. The van der Waals surface area contributed by atoms with Crippen molar-refractivity contribution in [1.29, 1.82) is 0 Å². The van der Waals surface area contributed by atoms with E-state index in [1.807, 2.05) is 6.26 Å². The van der Waals surface area contributed by atoms with Crippen molar-refractivity contribution in [3.63, 3.8) is 0 Å². The zero-order valence-electron chi connectivity index (χ0n) is 18.2. The summed E-state index contributed by atoms with van der Waals surface area (Å²) in [5.74, 6) is -1.89. The molecule has 0 bridgehead atoms. The van der Waals surface area contributed by atoms with Gasteiger partial charge in [0.1, 0.15) is 23.9 Å². The normalized spacial score (nSPS) is 12.8. The molecule has 0 aliphatic heterocycles. The third-order valence-corrected chi connectivity index (χ3v) is 4.59. The fourth-order valence-electron chi connectivity index (χ4n) is 1.97. The van der Waals surface area contributed by atoms with Crippen LogP contribution in [0.2, 0.25) is 0 Å². The van der Waals surface area contributed by atoms with Gasteiger partial charge >= 0.3 is 17.9 Å². The van der Waals surface area contributed by atoms with Gasteiger partial charge in [-0.15, -0.1) is 0 Å². The Hall–Kier alpha value is -2.38. The predicted octanol–water partition coefficient (Wildman–Crippen LogP) is 0.0253. The summed E-state index contributed by atoms with van der Waals surface area (Å²) >= 11 is 1.60. The molecule has 0 spiro atoms. The minimum absolute atomic E-state index is 0.160. The van der Waals surface area contributed by atoms with Gasteiger partial charge in [-0.3, -0.25) is 14.4 Å². The van der Waals surface area contributed by atoms with E-state index in [0.717, 1.165) is 24.2 Å². The molecule has 184 valence electrons. The molecule has 0 saturated carbocycles. The summed E-state index contributed by atoms with van der Waals surface area (Å²) < 4.78 is 0. The Balaban J connectivity index is 0. The molecule has 12 heteroatoms. The van der Waals surface area contributed by atoms with Crippen LogP contribution in [0.1, 0.15) is 31.2 Å². The standard InChI is InChI=1S/C9H11NO3.C6H14N2O2.C5H11NO2S/c10-8(9(12)13)5-6-1-3-7(11)4-2-6;7-4-2-1-3-5(8)6(9)10;1-9-3-2-4(6)5(7)8/h1-4,8,11H,5,10H2,(H,12,13);5H,1-4,7-8H2,(H,9,10);4H,2-3,6H2,1H3,(H,7,8)/t8-;5-;4-/m000/s1. The maximum Gasteiger partial charge on any atom is 0.320 e. The van der Waals surface area contributed by atoms with Crippen LogP contribution in [0.3, 0.4) is 0 Å². The van der Waals surface area contributed by atoms with Crippen molar-refractivity contribution in [2.45, 2.75) is 50.2 Å². The molecular weight excluding hydrogens is 440 g/mol. The maximum absolute atomic E-state index is 10.4. The molecule has 12 N–H and O–H groups in total. The van der Waals surface area contributed by atoms with Crippen LogP contribution in [-0.2, 0) is 20.8 Å². The smallest absolute Gasteiger partial charge is 0.320 e. The molecule has 0 amide bonds. The zero-order chi connectivity index (χ0) is 25.1. The largest absolute Gasteiger partial charge is 0.508 e. The van der Waals surface area contributed by atoms with Crippen LogP contribution >= 0.6 is 11.8 Å². The molecule has 3 atom stereocenters. The first kappa shape index (κ1) is 31.8. The van der Waals surface area contributed by atoms with E-state index in [1.54, 1.807) is 23.9 Å². The van der Waals surface area contributed by atoms with Crippen LogP contribution in [-0.4, -0.2) is 75.0 Å². The highest BCUT2D eigenvalue weighted by atomic mass is 32.2.